The Kier molecular flexibility index (Phi) is 14.2. The highest BCUT2D eigenvalue weighted by molar-refractivity contribution is 5.98. The van der Waals surface area contributed by atoms with E-state index in [4.69, 9.17) is 23.7 Å². The van der Waals surface area contributed by atoms with E-state index in [1.165, 1.54) is 6.92 Å². The van der Waals surface area contributed by atoms with Gasteiger partial charge in [-0.2, -0.15) is 0 Å². The SMILES string of the molecule is C=C(CC[C@@]12O[C@H](C(=O)O)[C@@](OCCCCCCCCOc3ccccc3)(C(=O)O)[C@@](C(=O)O)(O1)[C@H](O)[C@H]2O)C(OC(C)=O)C(C)Cc1ccccc1. The van der Waals surface area contributed by atoms with E-state index < -0.39 is 78.3 Å². The Morgan fingerprint density at radius 2 is 1.42 bits per heavy atom. The smallest absolute Gasteiger partial charge is 0.343 e. The Labute approximate surface area is 308 Å². The molecule has 2 heterocycles. The second-order valence-electron chi connectivity index (χ2n) is 13.7. The van der Waals surface area contributed by atoms with Gasteiger partial charge in [0.2, 0.25) is 17.3 Å². The second kappa shape index (κ2) is 18.1. The number of aliphatic carboxylic acids is 3. The van der Waals surface area contributed by atoms with E-state index in [0.717, 1.165) is 37.0 Å². The van der Waals surface area contributed by atoms with Crippen LogP contribution in [0.3, 0.4) is 0 Å². The zero-order valence-corrected chi connectivity index (χ0v) is 30.1. The van der Waals surface area contributed by atoms with E-state index in [2.05, 4.69) is 6.58 Å². The Morgan fingerprint density at radius 1 is 0.830 bits per heavy atom. The number of fused-ring (bicyclic) bond motifs is 2. The maximum Gasteiger partial charge on any atom is 0.343 e. The number of esters is 1. The van der Waals surface area contributed by atoms with Crippen molar-refractivity contribution >= 4 is 23.9 Å². The van der Waals surface area contributed by atoms with Crippen LogP contribution in [0.1, 0.15) is 70.8 Å². The fourth-order valence-electron chi connectivity index (χ4n) is 7.25. The van der Waals surface area contributed by atoms with Crippen molar-refractivity contribution in [1.29, 1.82) is 0 Å². The van der Waals surface area contributed by atoms with Gasteiger partial charge in [-0.1, -0.05) is 87.7 Å². The highest BCUT2D eigenvalue weighted by atomic mass is 16.8. The number of aliphatic hydroxyl groups excluding tert-OH is 2. The van der Waals surface area contributed by atoms with Crippen molar-refractivity contribution in [3.63, 3.8) is 0 Å². The Bertz CT molecular complexity index is 1570. The lowest BCUT2D eigenvalue weighted by Gasteiger charge is -2.50. The van der Waals surface area contributed by atoms with Gasteiger partial charge in [0, 0.05) is 25.9 Å². The molecular weight excluding hydrogens is 692 g/mol. The van der Waals surface area contributed by atoms with Crippen LogP contribution in [0.5, 0.6) is 5.75 Å². The van der Waals surface area contributed by atoms with Gasteiger partial charge in [0.15, 0.2) is 5.79 Å². The summed E-state index contributed by atoms with van der Waals surface area (Å²) in [4.78, 5) is 50.8. The van der Waals surface area contributed by atoms with Crippen molar-refractivity contribution < 1.29 is 68.4 Å². The molecule has 2 fully saturated rings. The molecular formula is C39H50O14. The van der Waals surface area contributed by atoms with Crippen LogP contribution in [-0.2, 0) is 44.5 Å². The normalized spacial score (nSPS) is 27.4. The number of para-hydroxylation sites is 1. The molecule has 2 aliphatic rings. The number of hydrogen-bond acceptors (Lipinski definition) is 11. The number of aliphatic hydroxyl groups is 2. The van der Waals surface area contributed by atoms with E-state index in [-0.39, 0.29) is 18.8 Å². The Hall–Kier alpha value is -4.34. The van der Waals surface area contributed by atoms with Crippen LogP contribution >= 0.6 is 0 Å². The standard InChI is InChI=1S/C39H50O14/c1-25(30(51-27(3)40)26(2)24-28-16-10-8-11-17-28)20-21-37-31(41)32(42)38(53-37,35(45)46)39(36(47)48,33(52-37)34(43)44)50-23-15-7-5-4-6-14-22-49-29-18-12-9-13-19-29/h8-13,16-19,26,30-33,41-42H,1,4-7,14-15,20-24H2,2-3H3,(H,43,44)(H,45,46)(H,47,48)/t26?,30?,31-,32-,33-,37-,38-,39-/m1/s1. The number of rotatable bonds is 22. The van der Waals surface area contributed by atoms with Crippen LogP contribution in [0.4, 0.5) is 0 Å². The molecule has 4 rings (SSSR count). The molecule has 0 saturated carbocycles. The summed E-state index contributed by atoms with van der Waals surface area (Å²) < 4.78 is 28.5. The minimum Gasteiger partial charge on any atom is -0.494 e. The van der Waals surface area contributed by atoms with Gasteiger partial charge < -0.3 is 49.2 Å². The average Bonchev–Trinajstić information content (AvgIpc) is 3.31. The van der Waals surface area contributed by atoms with E-state index in [1.807, 2.05) is 67.6 Å². The lowest BCUT2D eigenvalue weighted by atomic mass is 9.74. The molecule has 2 aliphatic heterocycles. The number of carbonyl (C=O) groups is 4. The zero-order valence-electron chi connectivity index (χ0n) is 30.1. The van der Waals surface area contributed by atoms with Crippen molar-refractivity contribution in [2.75, 3.05) is 13.2 Å². The number of ether oxygens (including phenoxy) is 5. The van der Waals surface area contributed by atoms with Crippen LogP contribution < -0.4 is 4.74 Å². The summed E-state index contributed by atoms with van der Waals surface area (Å²) in [5, 5.41) is 54.0. The van der Waals surface area contributed by atoms with Gasteiger partial charge in [-0.05, 0) is 49.0 Å². The third kappa shape index (κ3) is 8.90. The van der Waals surface area contributed by atoms with Crippen LogP contribution in [0.25, 0.3) is 0 Å². The summed E-state index contributed by atoms with van der Waals surface area (Å²) in [6.45, 7) is 7.25. The molecule has 0 spiro atoms. The van der Waals surface area contributed by atoms with Crippen molar-refractivity contribution in [2.24, 2.45) is 5.92 Å². The van der Waals surface area contributed by atoms with E-state index in [0.29, 0.717) is 25.0 Å². The highest BCUT2D eigenvalue weighted by Crippen LogP contribution is 2.56. The minimum atomic E-state index is -3.30. The monoisotopic (exact) mass is 742 g/mol. The van der Waals surface area contributed by atoms with Crippen LogP contribution in [0, 0.1) is 5.92 Å². The minimum absolute atomic E-state index is 0.164. The van der Waals surface area contributed by atoms with Crippen molar-refractivity contribution in [2.45, 2.75) is 113 Å². The molecule has 2 saturated heterocycles. The first-order valence-corrected chi connectivity index (χ1v) is 17.9. The largest absolute Gasteiger partial charge is 0.494 e. The molecule has 14 heteroatoms. The fourth-order valence-corrected chi connectivity index (χ4v) is 7.25. The predicted molar refractivity (Wildman–Crippen MR) is 188 cm³/mol. The van der Waals surface area contributed by atoms with Crippen LogP contribution in [0.15, 0.2) is 72.8 Å². The number of carbonyl (C=O) groups excluding carboxylic acids is 1. The summed E-state index contributed by atoms with van der Waals surface area (Å²) in [6, 6.07) is 18.8. The molecule has 53 heavy (non-hydrogen) atoms. The van der Waals surface area contributed by atoms with Gasteiger partial charge in [0.1, 0.15) is 24.1 Å². The number of carboxylic acid groups (broad SMARTS) is 3. The molecule has 2 aromatic carbocycles. The zero-order chi connectivity index (χ0) is 38.8. The summed E-state index contributed by atoms with van der Waals surface area (Å²) in [5.41, 5.74) is -5.33. The lowest BCUT2D eigenvalue weighted by Crippen LogP contribution is -2.78. The third-order valence-corrected chi connectivity index (χ3v) is 9.89. The number of hydrogen-bond donors (Lipinski definition) is 5. The summed E-state index contributed by atoms with van der Waals surface area (Å²) in [5.74, 6) is -8.66. The quantitative estimate of drug-likeness (QED) is 0.0651. The van der Waals surface area contributed by atoms with E-state index in [1.54, 1.807) is 0 Å². The van der Waals surface area contributed by atoms with Gasteiger partial charge >= 0.3 is 23.9 Å². The summed E-state index contributed by atoms with van der Waals surface area (Å²) in [6.07, 6.45) is -4.27. The highest BCUT2D eigenvalue weighted by Gasteiger charge is 2.85. The molecule has 2 unspecified atom stereocenters. The van der Waals surface area contributed by atoms with E-state index >= 15 is 0 Å². The molecule has 8 atom stereocenters. The third-order valence-electron chi connectivity index (χ3n) is 9.89. The van der Waals surface area contributed by atoms with Crippen molar-refractivity contribution in [1.82, 2.24) is 0 Å². The number of unbranched alkanes of at least 4 members (excludes halogenated alkanes) is 5. The molecule has 0 aromatic heterocycles. The molecule has 290 valence electrons. The fraction of sp³-hybridized carbons (Fsp3) is 0.538. The first-order valence-electron chi connectivity index (χ1n) is 17.9. The molecule has 0 radical (unpaired) electrons. The molecule has 0 aliphatic carbocycles. The Balaban J connectivity index is 1.45. The molecule has 2 aromatic rings. The Morgan fingerprint density at radius 3 is 1.98 bits per heavy atom. The van der Waals surface area contributed by atoms with Crippen molar-refractivity contribution in [3.05, 3.63) is 78.4 Å². The molecule has 2 bridgehead atoms. The van der Waals surface area contributed by atoms with Gasteiger partial charge in [0.05, 0.1) is 6.61 Å². The van der Waals surface area contributed by atoms with Crippen LogP contribution in [0.2, 0.25) is 0 Å². The maximum absolute atomic E-state index is 13.0. The van der Waals surface area contributed by atoms with Gasteiger partial charge in [-0.25, -0.2) is 14.4 Å². The second-order valence-corrected chi connectivity index (χ2v) is 13.7. The average molecular weight is 743 g/mol. The lowest BCUT2D eigenvalue weighted by molar-refractivity contribution is -0.380. The first-order chi connectivity index (χ1) is 25.2. The summed E-state index contributed by atoms with van der Waals surface area (Å²) in [7, 11) is 0. The molecule has 14 nitrogen and oxygen atoms in total. The predicted octanol–water partition coefficient (Wildman–Crippen LogP) is 4.15. The first kappa shape index (κ1) is 41.4. The van der Waals surface area contributed by atoms with Gasteiger partial charge in [-0.15, -0.1) is 0 Å². The number of benzene rings is 2. The van der Waals surface area contributed by atoms with Gasteiger partial charge in [-0.3, -0.25) is 4.79 Å². The topological polar surface area (TPSA) is 216 Å². The van der Waals surface area contributed by atoms with Gasteiger partial charge in [0.25, 0.3) is 0 Å². The van der Waals surface area contributed by atoms with Crippen molar-refractivity contribution in [3.8, 4) is 5.75 Å². The number of carboxylic acids is 3. The maximum atomic E-state index is 13.0. The van der Waals surface area contributed by atoms with Crippen LogP contribution in [-0.4, -0.2) is 104 Å². The van der Waals surface area contributed by atoms with E-state index in [9.17, 15) is 44.7 Å². The summed E-state index contributed by atoms with van der Waals surface area (Å²) >= 11 is 0. The molecule has 0 amide bonds. The molecule has 5 N–H and O–H groups in total.